The molecular formula is C23H18F5N3O3S. The summed E-state index contributed by atoms with van der Waals surface area (Å²) < 4.78 is 77.7. The third kappa shape index (κ3) is 4.85. The molecule has 1 N–H and O–H groups in total. The molecule has 1 aliphatic rings. The average molecular weight is 511 g/mol. The number of ether oxygens (including phenoxy) is 2. The molecule has 2 heterocycles. The first-order valence-corrected chi connectivity index (χ1v) is 11.4. The molecule has 12 heteroatoms. The summed E-state index contributed by atoms with van der Waals surface area (Å²) in [6.45, 7) is -1.25. The summed E-state index contributed by atoms with van der Waals surface area (Å²) in [4.78, 5) is 12.7. The molecule has 0 unspecified atom stereocenters. The molecule has 0 bridgehead atoms. The first-order chi connectivity index (χ1) is 16.6. The van der Waals surface area contributed by atoms with Gasteiger partial charge < -0.3 is 14.6 Å². The van der Waals surface area contributed by atoms with Crippen LogP contribution in [-0.4, -0.2) is 44.8 Å². The van der Waals surface area contributed by atoms with Gasteiger partial charge in [-0.3, -0.25) is 0 Å². The van der Waals surface area contributed by atoms with Gasteiger partial charge in [-0.25, -0.2) is 28.1 Å². The number of aliphatic hydroxyl groups excluding tert-OH is 1. The summed E-state index contributed by atoms with van der Waals surface area (Å²) in [6, 6.07) is 5.95. The van der Waals surface area contributed by atoms with Gasteiger partial charge in [0, 0.05) is 24.1 Å². The van der Waals surface area contributed by atoms with Crippen molar-refractivity contribution in [1.29, 1.82) is 0 Å². The fraction of sp³-hybridized carbons (Fsp3) is 0.348. The minimum atomic E-state index is -3.04. The van der Waals surface area contributed by atoms with Gasteiger partial charge in [0.05, 0.1) is 40.0 Å². The number of hydrogen-bond donors (Lipinski definition) is 1. The Bertz CT molecular complexity index is 1410. The molecule has 0 aliphatic heterocycles. The number of benzene rings is 2. The van der Waals surface area contributed by atoms with Crippen LogP contribution in [0.3, 0.4) is 0 Å². The van der Waals surface area contributed by atoms with Crippen molar-refractivity contribution < 1.29 is 36.5 Å². The Morgan fingerprint density at radius 1 is 1.14 bits per heavy atom. The van der Waals surface area contributed by atoms with Gasteiger partial charge in [-0.05, 0) is 31.0 Å². The SMILES string of the molecule is Cc1cc(-c2nc3cc(F)c(O[C@H]4CC(F)(F)CC[C@H]4O)cc3s2)c2ncc(OC(F)F)nc2c1. The second-order valence-corrected chi connectivity index (χ2v) is 9.39. The lowest BCUT2D eigenvalue weighted by Gasteiger charge is -2.33. The molecule has 4 aromatic rings. The van der Waals surface area contributed by atoms with Crippen LogP contribution in [0.4, 0.5) is 22.0 Å². The maximum absolute atomic E-state index is 14.7. The smallest absolute Gasteiger partial charge is 0.388 e. The predicted octanol–water partition coefficient (Wildman–Crippen LogP) is 5.88. The number of aryl methyl sites for hydroxylation is 1. The Labute approximate surface area is 199 Å². The van der Waals surface area contributed by atoms with Crippen LogP contribution in [0.25, 0.3) is 31.8 Å². The topological polar surface area (TPSA) is 77.4 Å². The number of aliphatic hydroxyl groups is 1. The summed E-state index contributed by atoms with van der Waals surface area (Å²) in [5.41, 5.74) is 2.34. The van der Waals surface area contributed by atoms with E-state index in [0.29, 0.717) is 31.8 Å². The molecule has 0 spiro atoms. The second-order valence-electron chi connectivity index (χ2n) is 8.36. The molecule has 1 fully saturated rings. The van der Waals surface area contributed by atoms with Crippen LogP contribution in [-0.2, 0) is 0 Å². The lowest BCUT2D eigenvalue weighted by Crippen LogP contribution is -2.43. The van der Waals surface area contributed by atoms with Gasteiger partial charge in [-0.1, -0.05) is 0 Å². The molecule has 1 aliphatic carbocycles. The van der Waals surface area contributed by atoms with E-state index in [0.717, 1.165) is 17.8 Å². The van der Waals surface area contributed by atoms with Crippen molar-refractivity contribution in [3.05, 3.63) is 41.8 Å². The average Bonchev–Trinajstić information content (AvgIpc) is 3.17. The minimum absolute atomic E-state index is 0.141. The molecule has 35 heavy (non-hydrogen) atoms. The molecule has 6 nitrogen and oxygen atoms in total. The van der Waals surface area contributed by atoms with Crippen molar-refractivity contribution in [3.8, 4) is 22.2 Å². The number of fused-ring (bicyclic) bond motifs is 2. The van der Waals surface area contributed by atoms with E-state index in [-0.39, 0.29) is 18.1 Å². The van der Waals surface area contributed by atoms with Gasteiger partial charge in [0.25, 0.3) is 5.92 Å². The van der Waals surface area contributed by atoms with Crippen molar-refractivity contribution in [2.45, 2.75) is 50.9 Å². The Morgan fingerprint density at radius 2 is 1.94 bits per heavy atom. The molecule has 2 atom stereocenters. The van der Waals surface area contributed by atoms with Gasteiger partial charge in [0.1, 0.15) is 11.1 Å². The number of hydrogen-bond acceptors (Lipinski definition) is 7. The van der Waals surface area contributed by atoms with E-state index in [9.17, 15) is 27.1 Å². The molecule has 0 amide bonds. The molecular weight excluding hydrogens is 493 g/mol. The zero-order chi connectivity index (χ0) is 24.9. The van der Waals surface area contributed by atoms with Crippen molar-refractivity contribution in [2.75, 3.05) is 0 Å². The fourth-order valence-electron chi connectivity index (χ4n) is 4.05. The number of rotatable bonds is 5. The van der Waals surface area contributed by atoms with Crippen LogP contribution in [0.1, 0.15) is 24.8 Å². The molecule has 184 valence electrons. The van der Waals surface area contributed by atoms with Gasteiger partial charge in [0.2, 0.25) is 5.88 Å². The third-order valence-corrected chi connectivity index (χ3v) is 6.72. The third-order valence-electron chi connectivity index (χ3n) is 5.66. The number of thiazole rings is 1. The molecule has 0 radical (unpaired) electrons. The van der Waals surface area contributed by atoms with Crippen molar-refractivity contribution in [2.24, 2.45) is 0 Å². The molecule has 2 aromatic carbocycles. The largest absolute Gasteiger partial charge is 0.484 e. The van der Waals surface area contributed by atoms with Crippen molar-refractivity contribution >= 4 is 32.6 Å². The van der Waals surface area contributed by atoms with Crippen LogP contribution in [0.15, 0.2) is 30.5 Å². The van der Waals surface area contributed by atoms with Crippen molar-refractivity contribution in [3.63, 3.8) is 0 Å². The maximum atomic E-state index is 14.7. The fourth-order valence-corrected chi connectivity index (χ4v) is 5.05. The second kappa shape index (κ2) is 8.83. The highest BCUT2D eigenvalue weighted by molar-refractivity contribution is 7.21. The van der Waals surface area contributed by atoms with Gasteiger partial charge in [-0.15, -0.1) is 11.3 Å². The maximum Gasteiger partial charge on any atom is 0.388 e. The highest BCUT2D eigenvalue weighted by Gasteiger charge is 2.42. The van der Waals surface area contributed by atoms with Crippen LogP contribution in [0.5, 0.6) is 11.6 Å². The van der Waals surface area contributed by atoms with E-state index in [2.05, 4.69) is 19.7 Å². The predicted molar refractivity (Wildman–Crippen MR) is 119 cm³/mol. The minimum Gasteiger partial charge on any atom is -0.484 e. The molecule has 1 saturated carbocycles. The summed E-state index contributed by atoms with van der Waals surface area (Å²) >= 11 is 1.19. The normalized spacial score (nSPS) is 20.0. The highest BCUT2D eigenvalue weighted by Crippen LogP contribution is 2.39. The van der Waals surface area contributed by atoms with Crippen LogP contribution < -0.4 is 9.47 Å². The van der Waals surface area contributed by atoms with E-state index in [1.165, 1.54) is 17.4 Å². The lowest BCUT2D eigenvalue weighted by molar-refractivity contribution is -0.114. The number of aromatic nitrogens is 3. The zero-order valence-corrected chi connectivity index (χ0v) is 19.0. The first kappa shape index (κ1) is 23.6. The number of halogens is 5. The van der Waals surface area contributed by atoms with Gasteiger partial charge in [-0.2, -0.15) is 8.78 Å². The Morgan fingerprint density at radius 3 is 2.71 bits per heavy atom. The van der Waals surface area contributed by atoms with E-state index in [1.807, 2.05) is 0 Å². The van der Waals surface area contributed by atoms with Crippen LogP contribution in [0, 0.1) is 12.7 Å². The quantitative estimate of drug-likeness (QED) is 0.337. The number of nitrogens with zero attached hydrogens (tertiary/aromatic N) is 3. The highest BCUT2D eigenvalue weighted by atomic mass is 32.1. The first-order valence-electron chi connectivity index (χ1n) is 10.6. The summed E-state index contributed by atoms with van der Waals surface area (Å²) in [6.07, 6.45) is -2.58. The van der Waals surface area contributed by atoms with E-state index < -0.39 is 43.4 Å². The van der Waals surface area contributed by atoms with E-state index in [1.54, 1.807) is 19.1 Å². The standard InChI is InChI=1S/C23H18F5N3O3S/c1-10-4-11(20-14(5-10)30-19(9-29-20)34-22(25)26)21-31-13-6-12(24)16(7-18(13)35-21)33-17-8-23(27,28)3-2-15(17)32/h4-7,9,15,17,22,32H,2-3,8H2,1H3/t15-,17+/m1/s1. The lowest BCUT2D eigenvalue weighted by atomic mass is 9.91. The monoisotopic (exact) mass is 511 g/mol. The van der Waals surface area contributed by atoms with E-state index in [4.69, 9.17) is 4.74 Å². The Balaban J connectivity index is 1.51. The van der Waals surface area contributed by atoms with Gasteiger partial charge in [0.15, 0.2) is 11.6 Å². The van der Waals surface area contributed by atoms with Crippen LogP contribution >= 0.6 is 11.3 Å². The summed E-state index contributed by atoms with van der Waals surface area (Å²) in [5, 5.41) is 10.5. The molecule has 5 rings (SSSR count). The Hall–Kier alpha value is -3.12. The van der Waals surface area contributed by atoms with Gasteiger partial charge >= 0.3 is 6.61 Å². The molecule has 2 aromatic heterocycles. The summed E-state index contributed by atoms with van der Waals surface area (Å²) in [5.74, 6) is -4.36. The number of alkyl halides is 4. The zero-order valence-electron chi connectivity index (χ0n) is 18.1. The van der Waals surface area contributed by atoms with Crippen molar-refractivity contribution in [1.82, 2.24) is 15.0 Å². The molecule has 0 saturated heterocycles. The van der Waals surface area contributed by atoms with Crippen LogP contribution in [0.2, 0.25) is 0 Å². The summed E-state index contributed by atoms with van der Waals surface area (Å²) in [7, 11) is 0. The Kier molecular flexibility index (Phi) is 5.96. The van der Waals surface area contributed by atoms with E-state index >= 15 is 0 Å².